The molecule has 0 aromatic rings. The molecule has 0 N–H and O–H groups in total. The van der Waals surface area contributed by atoms with Crippen LogP contribution in [-0.4, -0.2) is 19.4 Å². The van der Waals surface area contributed by atoms with E-state index in [9.17, 15) is 4.79 Å². The molecule has 0 aliphatic heterocycles. The van der Waals surface area contributed by atoms with Crippen LogP contribution in [0.3, 0.4) is 0 Å². The summed E-state index contributed by atoms with van der Waals surface area (Å²) in [7, 11) is 1.53. The van der Waals surface area contributed by atoms with Gasteiger partial charge in [0, 0.05) is 20.5 Å². The summed E-state index contributed by atoms with van der Waals surface area (Å²) in [5, 5.41) is 0. The lowest BCUT2D eigenvalue weighted by Crippen LogP contribution is -2.17. The number of ether oxygens (including phenoxy) is 2. The molecule has 0 spiro atoms. The fraction of sp³-hybridized carbons (Fsp3) is 0.857. The fourth-order valence-corrected chi connectivity index (χ4v) is 0.646. The van der Waals surface area contributed by atoms with E-state index in [1.807, 2.05) is 6.92 Å². The van der Waals surface area contributed by atoms with Crippen molar-refractivity contribution < 1.29 is 14.3 Å². The Morgan fingerprint density at radius 1 is 1.60 bits per heavy atom. The van der Waals surface area contributed by atoms with Crippen LogP contribution in [0, 0.1) is 0 Å². The number of hydrogen-bond acceptors (Lipinski definition) is 3. The number of methoxy groups -OCH3 is 1. The highest BCUT2D eigenvalue weighted by Gasteiger charge is 2.07. The molecule has 0 heterocycles. The van der Waals surface area contributed by atoms with Gasteiger partial charge in [0.25, 0.3) is 0 Å². The van der Waals surface area contributed by atoms with Crippen LogP contribution in [0.4, 0.5) is 0 Å². The van der Waals surface area contributed by atoms with Crippen LogP contribution >= 0.6 is 0 Å². The van der Waals surface area contributed by atoms with Crippen molar-refractivity contribution in [2.45, 2.75) is 33.0 Å². The van der Waals surface area contributed by atoms with Gasteiger partial charge in [0.1, 0.15) is 0 Å². The molecule has 1 unspecified atom stereocenters. The van der Waals surface area contributed by atoms with Crippen molar-refractivity contribution in [3.63, 3.8) is 0 Å². The zero-order valence-corrected chi connectivity index (χ0v) is 6.72. The van der Waals surface area contributed by atoms with Crippen molar-refractivity contribution >= 4 is 5.97 Å². The van der Waals surface area contributed by atoms with Gasteiger partial charge in [-0.05, 0) is 0 Å². The van der Waals surface area contributed by atoms with Gasteiger partial charge in [0.15, 0.2) is 0 Å². The Morgan fingerprint density at radius 2 is 2.20 bits per heavy atom. The van der Waals surface area contributed by atoms with E-state index >= 15 is 0 Å². The molecule has 10 heavy (non-hydrogen) atoms. The molecule has 0 aliphatic carbocycles. The van der Waals surface area contributed by atoms with Crippen LogP contribution in [0.15, 0.2) is 0 Å². The molecule has 3 heteroatoms. The van der Waals surface area contributed by atoms with Gasteiger partial charge in [0.05, 0.1) is 0 Å². The van der Waals surface area contributed by atoms with Gasteiger partial charge >= 0.3 is 5.97 Å². The molecular formula is C7H14O3. The van der Waals surface area contributed by atoms with Crippen LogP contribution in [0.5, 0.6) is 0 Å². The largest absolute Gasteiger partial charge is 0.436 e. The zero-order chi connectivity index (χ0) is 7.98. The Bertz CT molecular complexity index is 101. The second kappa shape index (κ2) is 5.23. The van der Waals surface area contributed by atoms with E-state index in [2.05, 4.69) is 0 Å². The van der Waals surface area contributed by atoms with Gasteiger partial charge in [-0.3, -0.25) is 4.79 Å². The summed E-state index contributed by atoms with van der Waals surface area (Å²) in [6, 6.07) is 0. The van der Waals surface area contributed by atoms with E-state index in [-0.39, 0.29) is 12.3 Å². The number of hydrogen-bond donors (Lipinski definition) is 0. The predicted octanol–water partition coefficient (Wildman–Crippen LogP) is 1.32. The first-order chi connectivity index (χ1) is 4.70. The lowest BCUT2D eigenvalue weighted by Gasteiger charge is -2.13. The third-order valence-corrected chi connectivity index (χ3v) is 1.08. The first kappa shape index (κ1) is 9.43. The molecular weight excluding hydrogens is 132 g/mol. The maximum atomic E-state index is 10.4. The molecule has 0 fully saturated rings. The van der Waals surface area contributed by atoms with Gasteiger partial charge in [-0.1, -0.05) is 13.3 Å². The smallest absolute Gasteiger partial charge is 0.304 e. The van der Waals surface area contributed by atoms with E-state index in [1.165, 1.54) is 14.0 Å². The number of rotatable bonds is 4. The minimum absolute atomic E-state index is 0.291. The van der Waals surface area contributed by atoms with Crippen molar-refractivity contribution in [2.24, 2.45) is 0 Å². The monoisotopic (exact) mass is 146 g/mol. The molecule has 0 radical (unpaired) electrons. The third-order valence-electron chi connectivity index (χ3n) is 1.08. The molecule has 1 atom stereocenters. The van der Waals surface area contributed by atoms with Crippen molar-refractivity contribution in [1.29, 1.82) is 0 Å². The van der Waals surface area contributed by atoms with Crippen molar-refractivity contribution in [1.82, 2.24) is 0 Å². The first-order valence-corrected chi connectivity index (χ1v) is 3.40. The van der Waals surface area contributed by atoms with Crippen molar-refractivity contribution in [3.8, 4) is 0 Å². The quantitative estimate of drug-likeness (QED) is 0.443. The molecule has 0 saturated heterocycles. The van der Waals surface area contributed by atoms with Gasteiger partial charge in [-0.2, -0.15) is 0 Å². The third kappa shape index (κ3) is 4.32. The second-order valence-corrected chi connectivity index (χ2v) is 2.06. The molecule has 0 rings (SSSR count). The summed E-state index contributed by atoms with van der Waals surface area (Å²) in [5.41, 5.74) is 0. The summed E-state index contributed by atoms with van der Waals surface area (Å²) in [5.74, 6) is -0.291. The maximum absolute atomic E-state index is 10.4. The first-order valence-electron chi connectivity index (χ1n) is 3.40. The minimum atomic E-state index is -0.359. The molecule has 0 amide bonds. The molecule has 0 aromatic carbocycles. The standard InChI is InChI=1S/C7H14O3/c1-4-5-7(9-3)10-6(2)8/h7H,4-5H2,1-3H3. The van der Waals surface area contributed by atoms with E-state index in [4.69, 9.17) is 9.47 Å². The highest BCUT2D eigenvalue weighted by molar-refractivity contribution is 5.66. The van der Waals surface area contributed by atoms with Crippen LogP contribution in [0.2, 0.25) is 0 Å². The van der Waals surface area contributed by atoms with E-state index in [0.29, 0.717) is 0 Å². The Labute approximate surface area is 61.3 Å². The van der Waals surface area contributed by atoms with Crippen LogP contribution in [0.1, 0.15) is 26.7 Å². The van der Waals surface area contributed by atoms with Gasteiger partial charge < -0.3 is 9.47 Å². The van der Waals surface area contributed by atoms with Crippen molar-refractivity contribution in [3.05, 3.63) is 0 Å². The summed E-state index contributed by atoms with van der Waals surface area (Å²) in [4.78, 5) is 10.4. The normalized spacial score (nSPS) is 12.7. The number of esters is 1. The average Bonchev–Trinajstić information content (AvgIpc) is 1.86. The van der Waals surface area contributed by atoms with E-state index in [1.54, 1.807) is 0 Å². The van der Waals surface area contributed by atoms with Crippen LogP contribution in [0.25, 0.3) is 0 Å². The Kier molecular flexibility index (Phi) is 4.94. The molecule has 60 valence electrons. The van der Waals surface area contributed by atoms with Gasteiger partial charge in [-0.15, -0.1) is 0 Å². The van der Waals surface area contributed by atoms with Gasteiger partial charge in [0.2, 0.25) is 6.29 Å². The van der Waals surface area contributed by atoms with E-state index < -0.39 is 0 Å². The van der Waals surface area contributed by atoms with Gasteiger partial charge in [-0.25, -0.2) is 0 Å². The Morgan fingerprint density at radius 3 is 2.50 bits per heavy atom. The summed E-state index contributed by atoms with van der Waals surface area (Å²) >= 11 is 0. The molecule has 0 saturated carbocycles. The topological polar surface area (TPSA) is 35.5 Å². The maximum Gasteiger partial charge on any atom is 0.304 e. The summed E-state index contributed by atoms with van der Waals surface area (Å²) < 4.78 is 9.64. The van der Waals surface area contributed by atoms with Crippen molar-refractivity contribution in [2.75, 3.05) is 7.11 Å². The molecule has 0 aliphatic rings. The lowest BCUT2D eigenvalue weighted by atomic mass is 10.3. The minimum Gasteiger partial charge on any atom is -0.436 e. The van der Waals surface area contributed by atoms with Crippen LogP contribution < -0.4 is 0 Å². The summed E-state index contributed by atoms with van der Waals surface area (Å²) in [6.45, 7) is 3.39. The SMILES string of the molecule is CCCC(OC)OC(C)=O. The Balaban J connectivity index is 3.49. The Hall–Kier alpha value is -0.570. The lowest BCUT2D eigenvalue weighted by molar-refractivity contribution is -0.171. The molecule has 0 aromatic heterocycles. The predicted molar refractivity (Wildman–Crippen MR) is 37.5 cm³/mol. The van der Waals surface area contributed by atoms with E-state index in [0.717, 1.165) is 12.8 Å². The second-order valence-electron chi connectivity index (χ2n) is 2.06. The highest BCUT2D eigenvalue weighted by atomic mass is 16.7. The molecule has 3 nitrogen and oxygen atoms in total. The number of carbonyl (C=O) groups excluding carboxylic acids is 1. The average molecular weight is 146 g/mol. The molecule has 0 bridgehead atoms. The van der Waals surface area contributed by atoms with Crippen LogP contribution in [-0.2, 0) is 14.3 Å². The zero-order valence-electron chi connectivity index (χ0n) is 6.72. The fourth-order valence-electron chi connectivity index (χ4n) is 0.646. The summed E-state index contributed by atoms with van der Waals surface area (Å²) in [6.07, 6.45) is 1.35. The number of carbonyl (C=O) groups is 1. The highest BCUT2D eigenvalue weighted by Crippen LogP contribution is 2.02.